The van der Waals surface area contributed by atoms with E-state index in [0.29, 0.717) is 0 Å². The molecule has 268 valence electrons. The summed E-state index contributed by atoms with van der Waals surface area (Å²) in [7, 11) is 0. The standard InChI is InChI=1S/C55H38N2/c1-4-18-39(19-5-1)45-24-10-14-28-50(45)55(40-20-6-2-7-21-40)51-29-15-11-25-46(51)47-37-36-44(38-52(47)55)56(41-22-8-3-9-23-41)42-32-34-43(35-33-42)57-53-30-16-12-26-48(53)49-27-13-17-31-54(49)57/h1-38H. The minimum absolute atomic E-state index is 0.571. The van der Waals surface area contributed by atoms with E-state index >= 15 is 0 Å². The first-order valence-electron chi connectivity index (χ1n) is 19.7. The molecule has 0 fully saturated rings. The van der Waals surface area contributed by atoms with Crippen LogP contribution in [-0.4, -0.2) is 4.57 Å². The summed E-state index contributed by atoms with van der Waals surface area (Å²) in [5.41, 5.74) is 16.3. The first-order chi connectivity index (χ1) is 28.3. The summed E-state index contributed by atoms with van der Waals surface area (Å²) in [6, 6.07) is 84.3. The van der Waals surface area contributed by atoms with E-state index in [-0.39, 0.29) is 0 Å². The lowest BCUT2D eigenvalue weighted by atomic mass is 9.66. The fourth-order valence-electron chi connectivity index (χ4n) is 9.51. The molecule has 0 aliphatic heterocycles. The zero-order chi connectivity index (χ0) is 37.8. The van der Waals surface area contributed by atoms with Gasteiger partial charge < -0.3 is 9.47 Å². The van der Waals surface area contributed by atoms with Gasteiger partial charge in [-0.1, -0.05) is 170 Å². The average molecular weight is 727 g/mol. The first-order valence-corrected chi connectivity index (χ1v) is 19.7. The maximum atomic E-state index is 2.46. The van der Waals surface area contributed by atoms with Crippen LogP contribution in [0.5, 0.6) is 0 Å². The van der Waals surface area contributed by atoms with Crippen molar-refractivity contribution in [3.8, 4) is 27.9 Å². The van der Waals surface area contributed by atoms with Crippen LogP contribution in [0.15, 0.2) is 231 Å². The zero-order valence-corrected chi connectivity index (χ0v) is 31.3. The zero-order valence-electron chi connectivity index (χ0n) is 31.3. The van der Waals surface area contributed by atoms with Crippen LogP contribution in [0.3, 0.4) is 0 Å². The largest absolute Gasteiger partial charge is 0.310 e. The van der Waals surface area contributed by atoms with Gasteiger partial charge in [0.15, 0.2) is 0 Å². The average Bonchev–Trinajstić information content (AvgIpc) is 3.78. The summed E-state index contributed by atoms with van der Waals surface area (Å²) >= 11 is 0. The van der Waals surface area contributed by atoms with Gasteiger partial charge in [-0.3, -0.25) is 0 Å². The van der Waals surface area contributed by atoms with Gasteiger partial charge >= 0.3 is 0 Å². The summed E-state index contributed by atoms with van der Waals surface area (Å²) in [5.74, 6) is 0. The van der Waals surface area contributed by atoms with Crippen molar-refractivity contribution in [1.29, 1.82) is 0 Å². The minimum Gasteiger partial charge on any atom is -0.310 e. The highest BCUT2D eigenvalue weighted by molar-refractivity contribution is 6.09. The molecular formula is C55H38N2. The van der Waals surface area contributed by atoms with Gasteiger partial charge in [0.25, 0.3) is 0 Å². The van der Waals surface area contributed by atoms with Crippen LogP contribution in [0.1, 0.15) is 22.3 Å². The van der Waals surface area contributed by atoms with E-state index in [4.69, 9.17) is 0 Å². The van der Waals surface area contributed by atoms with Crippen LogP contribution in [-0.2, 0) is 5.41 Å². The van der Waals surface area contributed by atoms with Gasteiger partial charge in [-0.2, -0.15) is 0 Å². The minimum atomic E-state index is -0.571. The molecule has 0 bridgehead atoms. The Morgan fingerprint density at radius 1 is 0.333 bits per heavy atom. The van der Waals surface area contributed by atoms with Crippen LogP contribution in [0.4, 0.5) is 17.1 Å². The number of nitrogens with zero attached hydrogens (tertiary/aromatic N) is 2. The third-order valence-electron chi connectivity index (χ3n) is 11.9. The van der Waals surface area contributed by atoms with Crippen molar-refractivity contribution in [2.75, 3.05) is 4.90 Å². The summed E-state index contributed by atoms with van der Waals surface area (Å²) in [4.78, 5) is 2.40. The topological polar surface area (TPSA) is 8.17 Å². The Morgan fingerprint density at radius 3 is 1.47 bits per heavy atom. The Hall–Kier alpha value is -7.42. The van der Waals surface area contributed by atoms with E-state index in [1.807, 2.05) is 0 Å². The number of aromatic nitrogens is 1. The summed E-state index contributed by atoms with van der Waals surface area (Å²) in [5, 5.41) is 2.52. The number of rotatable bonds is 7. The van der Waals surface area contributed by atoms with E-state index in [9.17, 15) is 0 Å². The Balaban J connectivity index is 1.14. The Morgan fingerprint density at radius 2 is 0.807 bits per heavy atom. The van der Waals surface area contributed by atoms with Crippen molar-refractivity contribution in [1.82, 2.24) is 4.57 Å². The third kappa shape index (κ3) is 5.11. The smallest absolute Gasteiger partial charge is 0.0720 e. The Kier molecular flexibility index (Phi) is 7.75. The SMILES string of the molecule is c1ccc(-c2ccccc2C2(c3ccccc3)c3ccccc3-c3ccc(N(c4ccccc4)c4ccc(-n5c6ccccc6c6ccccc65)cc4)cc32)cc1. The van der Waals surface area contributed by atoms with Gasteiger partial charge in [-0.25, -0.2) is 0 Å². The van der Waals surface area contributed by atoms with Gasteiger partial charge in [0.2, 0.25) is 0 Å². The summed E-state index contributed by atoms with van der Waals surface area (Å²) < 4.78 is 2.38. The van der Waals surface area contributed by atoms with Crippen LogP contribution in [0, 0.1) is 0 Å². The maximum Gasteiger partial charge on any atom is 0.0720 e. The molecular weight excluding hydrogens is 689 g/mol. The van der Waals surface area contributed by atoms with E-state index in [1.165, 1.54) is 66.3 Å². The molecule has 0 spiro atoms. The van der Waals surface area contributed by atoms with Gasteiger partial charge in [0.1, 0.15) is 0 Å². The highest BCUT2D eigenvalue weighted by atomic mass is 15.1. The summed E-state index contributed by atoms with van der Waals surface area (Å²) in [6.07, 6.45) is 0. The monoisotopic (exact) mass is 726 g/mol. The van der Waals surface area contributed by atoms with Gasteiger partial charge in [0.05, 0.1) is 16.4 Å². The number of anilines is 3. The predicted octanol–water partition coefficient (Wildman–Crippen LogP) is 14.3. The van der Waals surface area contributed by atoms with Crippen molar-refractivity contribution in [3.63, 3.8) is 0 Å². The molecule has 1 atom stereocenters. The quantitative estimate of drug-likeness (QED) is 0.159. The Labute approximate surface area is 333 Å². The molecule has 0 saturated heterocycles. The molecule has 2 heteroatoms. The van der Waals surface area contributed by atoms with Crippen LogP contribution in [0.25, 0.3) is 49.7 Å². The van der Waals surface area contributed by atoms with Crippen LogP contribution in [0.2, 0.25) is 0 Å². The Bertz CT molecular complexity index is 3000. The number of hydrogen-bond donors (Lipinski definition) is 0. The van der Waals surface area contributed by atoms with Gasteiger partial charge in [-0.15, -0.1) is 0 Å². The van der Waals surface area contributed by atoms with Crippen molar-refractivity contribution in [2.45, 2.75) is 5.41 Å². The van der Waals surface area contributed by atoms with E-state index < -0.39 is 5.41 Å². The molecule has 0 N–H and O–H groups in total. The maximum absolute atomic E-state index is 2.46. The van der Waals surface area contributed by atoms with Gasteiger partial charge in [-0.05, 0) is 105 Å². The molecule has 0 saturated carbocycles. The molecule has 11 rings (SSSR count). The molecule has 0 amide bonds. The van der Waals surface area contributed by atoms with Crippen LogP contribution >= 0.6 is 0 Å². The van der Waals surface area contributed by atoms with Gasteiger partial charge in [0, 0.05) is 33.5 Å². The second kappa shape index (κ2) is 13.4. The number of para-hydroxylation sites is 3. The molecule has 1 aliphatic rings. The summed E-state index contributed by atoms with van der Waals surface area (Å²) in [6.45, 7) is 0. The highest BCUT2D eigenvalue weighted by Crippen LogP contribution is 2.58. The molecule has 2 nitrogen and oxygen atoms in total. The number of benzene rings is 9. The lowest BCUT2D eigenvalue weighted by molar-refractivity contribution is 0.770. The van der Waals surface area contributed by atoms with E-state index in [2.05, 4.69) is 240 Å². The number of hydrogen-bond acceptors (Lipinski definition) is 1. The molecule has 0 radical (unpaired) electrons. The van der Waals surface area contributed by atoms with Crippen LogP contribution < -0.4 is 4.90 Å². The molecule has 1 aromatic heterocycles. The predicted molar refractivity (Wildman–Crippen MR) is 238 cm³/mol. The second-order valence-electron chi connectivity index (χ2n) is 14.9. The fraction of sp³-hybridized carbons (Fsp3) is 0.0182. The van der Waals surface area contributed by atoms with E-state index in [1.54, 1.807) is 0 Å². The molecule has 1 aliphatic carbocycles. The van der Waals surface area contributed by atoms with Crippen molar-refractivity contribution < 1.29 is 0 Å². The van der Waals surface area contributed by atoms with Crippen molar-refractivity contribution in [3.05, 3.63) is 253 Å². The fourth-order valence-corrected chi connectivity index (χ4v) is 9.51. The molecule has 1 heterocycles. The first kappa shape index (κ1) is 33.0. The highest BCUT2D eigenvalue weighted by Gasteiger charge is 2.47. The molecule has 57 heavy (non-hydrogen) atoms. The van der Waals surface area contributed by atoms with Crippen molar-refractivity contribution in [2.24, 2.45) is 0 Å². The third-order valence-corrected chi connectivity index (χ3v) is 11.9. The second-order valence-corrected chi connectivity index (χ2v) is 14.9. The van der Waals surface area contributed by atoms with Crippen molar-refractivity contribution >= 4 is 38.9 Å². The molecule has 9 aromatic carbocycles. The lowest BCUT2D eigenvalue weighted by Crippen LogP contribution is -2.29. The molecule has 1 unspecified atom stereocenters. The molecule has 10 aromatic rings. The van der Waals surface area contributed by atoms with E-state index in [0.717, 1.165) is 22.7 Å². The lowest BCUT2D eigenvalue weighted by Gasteiger charge is -2.36. The number of fused-ring (bicyclic) bond motifs is 6. The normalized spacial score (nSPS) is 14.4.